The van der Waals surface area contributed by atoms with Crippen LogP contribution in [0.25, 0.3) is 0 Å². The van der Waals surface area contributed by atoms with E-state index in [2.05, 4.69) is 21.2 Å². The molecule has 5 heteroatoms. The number of hydrogen-bond acceptors (Lipinski definition) is 2. The summed E-state index contributed by atoms with van der Waals surface area (Å²) in [6.45, 7) is 5.64. The maximum absolute atomic E-state index is 12.4. The molecular formula is C15H20BrNO3. The van der Waals surface area contributed by atoms with Gasteiger partial charge in [-0.25, -0.2) is 0 Å². The van der Waals surface area contributed by atoms with Crippen LogP contribution in [0.15, 0.2) is 22.7 Å². The number of nitrogens with one attached hydrogen (secondary N) is 1. The number of benzene rings is 1. The minimum Gasteiger partial charge on any atom is -0.481 e. The molecule has 0 saturated carbocycles. The maximum atomic E-state index is 12.4. The van der Waals surface area contributed by atoms with E-state index in [1.165, 1.54) is 0 Å². The number of carboxylic acids is 1. The van der Waals surface area contributed by atoms with Crippen molar-refractivity contribution >= 4 is 27.8 Å². The summed E-state index contributed by atoms with van der Waals surface area (Å²) in [5.74, 6) is -1.13. The highest BCUT2D eigenvalue weighted by Gasteiger charge is 2.31. The van der Waals surface area contributed by atoms with E-state index in [4.69, 9.17) is 5.11 Å². The Bertz CT molecular complexity index is 510. The molecule has 0 fully saturated rings. The second kappa shape index (κ2) is 6.88. The van der Waals surface area contributed by atoms with Crippen molar-refractivity contribution in [2.75, 3.05) is 0 Å². The Morgan fingerprint density at radius 3 is 2.40 bits per heavy atom. The highest BCUT2D eigenvalue weighted by atomic mass is 79.9. The largest absolute Gasteiger partial charge is 0.481 e. The molecule has 4 nitrogen and oxygen atoms in total. The molecule has 0 aliphatic rings. The van der Waals surface area contributed by atoms with Crippen LogP contribution < -0.4 is 5.32 Å². The molecule has 20 heavy (non-hydrogen) atoms. The van der Waals surface area contributed by atoms with Gasteiger partial charge in [0.1, 0.15) is 0 Å². The fourth-order valence-corrected chi connectivity index (χ4v) is 2.54. The smallest absolute Gasteiger partial charge is 0.305 e. The molecular weight excluding hydrogens is 322 g/mol. The van der Waals surface area contributed by atoms with Crippen molar-refractivity contribution in [3.05, 3.63) is 33.8 Å². The van der Waals surface area contributed by atoms with E-state index in [-0.39, 0.29) is 12.3 Å². The molecule has 0 bridgehead atoms. The van der Waals surface area contributed by atoms with Crippen LogP contribution in [0.3, 0.4) is 0 Å². The SMILES string of the molecule is CCC(CC)(CC(=O)O)NC(=O)c1cccc(Br)c1C. The molecule has 0 radical (unpaired) electrons. The predicted molar refractivity (Wildman–Crippen MR) is 81.9 cm³/mol. The molecule has 0 aromatic heterocycles. The zero-order valence-corrected chi connectivity index (χ0v) is 13.6. The first-order valence-corrected chi connectivity index (χ1v) is 7.44. The van der Waals surface area contributed by atoms with Gasteiger partial charge in [0.25, 0.3) is 5.91 Å². The van der Waals surface area contributed by atoms with Crippen LogP contribution >= 0.6 is 15.9 Å². The van der Waals surface area contributed by atoms with E-state index in [0.717, 1.165) is 10.0 Å². The van der Waals surface area contributed by atoms with Gasteiger partial charge in [0.2, 0.25) is 0 Å². The summed E-state index contributed by atoms with van der Waals surface area (Å²) in [6, 6.07) is 5.41. The predicted octanol–water partition coefficient (Wildman–Crippen LogP) is 3.52. The normalized spacial score (nSPS) is 11.2. The van der Waals surface area contributed by atoms with Crippen LogP contribution in [-0.2, 0) is 4.79 Å². The summed E-state index contributed by atoms with van der Waals surface area (Å²) in [5, 5.41) is 11.9. The first-order chi connectivity index (χ1) is 9.35. The Balaban J connectivity index is 3.02. The van der Waals surface area contributed by atoms with E-state index in [0.29, 0.717) is 18.4 Å². The highest BCUT2D eigenvalue weighted by Crippen LogP contribution is 2.23. The van der Waals surface area contributed by atoms with Crippen molar-refractivity contribution in [3.8, 4) is 0 Å². The fraction of sp³-hybridized carbons (Fsp3) is 0.467. The van der Waals surface area contributed by atoms with Gasteiger partial charge in [-0.2, -0.15) is 0 Å². The molecule has 0 heterocycles. The lowest BCUT2D eigenvalue weighted by Gasteiger charge is -2.31. The number of carbonyl (C=O) groups is 2. The van der Waals surface area contributed by atoms with Crippen molar-refractivity contribution in [1.82, 2.24) is 5.32 Å². The molecule has 0 aliphatic carbocycles. The zero-order chi connectivity index (χ0) is 15.3. The zero-order valence-electron chi connectivity index (χ0n) is 12.0. The molecule has 110 valence electrons. The molecule has 0 spiro atoms. The van der Waals surface area contributed by atoms with Crippen LogP contribution in [0.5, 0.6) is 0 Å². The summed E-state index contributed by atoms with van der Waals surface area (Å²) in [7, 11) is 0. The summed E-state index contributed by atoms with van der Waals surface area (Å²) >= 11 is 3.39. The van der Waals surface area contributed by atoms with Gasteiger partial charge in [0, 0.05) is 10.0 Å². The minimum absolute atomic E-state index is 0.0706. The average molecular weight is 342 g/mol. The Morgan fingerprint density at radius 2 is 1.90 bits per heavy atom. The van der Waals surface area contributed by atoms with Crippen molar-refractivity contribution in [1.29, 1.82) is 0 Å². The van der Waals surface area contributed by atoms with Crippen LogP contribution in [-0.4, -0.2) is 22.5 Å². The van der Waals surface area contributed by atoms with Crippen LogP contribution in [0.2, 0.25) is 0 Å². The standard InChI is InChI=1S/C15H20BrNO3/c1-4-15(5-2,9-13(18)19)17-14(20)11-7-6-8-12(16)10(11)3/h6-8H,4-5,9H2,1-3H3,(H,17,20)(H,18,19). The van der Waals surface area contributed by atoms with E-state index in [1.54, 1.807) is 12.1 Å². The molecule has 0 saturated heterocycles. The van der Waals surface area contributed by atoms with Crippen molar-refractivity contribution < 1.29 is 14.7 Å². The molecule has 0 unspecified atom stereocenters. The third-order valence-electron chi connectivity index (χ3n) is 3.73. The Labute approximate surface area is 127 Å². The molecule has 0 aliphatic heterocycles. The Morgan fingerprint density at radius 1 is 1.30 bits per heavy atom. The van der Waals surface area contributed by atoms with Gasteiger partial charge in [-0.15, -0.1) is 0 Å². The van der Waals surface area contributed by atoms with Crippen LogP contribution in [0.1, 0.15) is 49.0 Å². The molecule has 2 N–H and O–H groups in total. The first-order valence-electron chi connectivity index (χ1n) is 6.64. The van der Waals surface area contributed by atoms with Crippen molar-refractivity contribution in [2.45, 2.75) is 45.6 Å². The van der Waals surface area contributed by atoms with Gasteiger partial charge < -0.3 is 10.4 Å². The highest BCUT2D eigenvalue weighted by molar-refractivity contribution is 9.10. The number of carbonyl (C=O) groups excluding carboxylic acids is 1. The minimum atomic E-state index is -0.903. The number of hydrogen-bond donors (Lipinski definition) is 2. The van der Waals surface area contributed by atoms with E-state index < -0.39 is 11.5 Å². The Hall–Kier alpha value is -1.36. The number of halogens is 1. The summed E-state index contributed by atoms with van der Waals surface area (Å²) in [6.07, 6.45) is 1.09. The monoisotopic (exact) mass is 341 g/mol. The van der Waals surface area contributed by atoms with Gasteiger partial charge in [-0.05, 0) is 37.5 Å². The first kappa shape index (κ1) is 16.7. The number of rotatable bonds is 6. The Kier molecular flexibility index (Phi) is 5.74. The van der Waals surface area contributed by atoms with E-state index in [9.17, 15) is 9.59 Å². The van der Waals surface area contributed by atoms with E-state index >= 15 is 0 Å². The molecule has 1 amide bonds. The van der Waals surface area contributed by atoms with Gasteiger partial charge in [0.05, 0.1) is 12.0 Å². The lowest BCUT2D eigenvalue weighted by molar-refractivity contribution is -0.138. The van der Waals surface area contributed by atoms with Gasteiger partial charge in [-0.3, -0.25) is 9.59 Å². The second-order valence-corrected chi connectivity index (χ2v) is 5.78. The maximum Gasteiger partial charge on any atom is 0.305 e. The van der Waals surface area contributed by atoms with Gasteiger partial charge in [-0.1, -0.05) is 35.8 Å². The molecule has 0 atom stereocenters. The molecule has 1 rings (SSSR count). The van der Waals surface area contributed by atoms with Crippen LogP contribution in [0.4, 0.5) is 0 Å². The van der Waals surface area contributed by atoms with Gasteiger partial charge in [0.15, 0.2) is 0 Å². The third-order valence-corrected chi connectivity index (χ3v) is 4.59. The lowest BCUT2D eigenvalue weighted by Crippen LogP contribution is -2.49. The third kappa shape index (κ3) is 3.82. The average Bonchev–Trinajstić information content (AvgIpc) is 2.40. The number of amides is 1. The quantitative estimate of drug-likeness (QED) is 0.831. The fourth-order valence-electron chi connectivity index (χ4n) is 2.17. The lowest BCUT2D eigenvalue weighted by atomic mass is 9.88. The van der Waals surface area contributed by atoms with Gasteiger partial charge >= 0.3 is 5.97 Å². The summed E-state index contributed by atoms with van der Waals surface area (Å²) in [5.41, 5.74) is 0.718. The van der Waals surface area contributed by atoms with Crippen LogP contribution in [0, 0.1) is 6.92 Å². The van der Waals surface area contributed by atoms with Crippen molar-refractivity contribution in [3.63, 3.8) is 0 Å². The van der Waals surface area contributed by atoms with E-state index in [1.807, 2.05) is 26.8 Å². The van der Waals surface area contributed by atoms with Crippen molar-refractivity contribution in [2.24, 2.45) is 0 Å². The summed E-state index contributed by atoms with van der Waals surface area (Å²) in [4.78, 5) is 23.4. The second-order valence-electron chi connectivity index (χ2n) is 4.92. The topological polar surface area (TPSA) is 66.4 Å². The molecule has 1 aromatic carbocycles. The molecule has 1 aromatic rings. The summed E-state index contributed by atoms with van der Waals surface area (Å²) < 4.78 is 0.863. The number of aliphatic carboxylic acids is 1. The number of carboxylic acid groups (broad SMARTS) is 1.